The number of halogens is 1. The number of aliphatic hydroxyl groups excluding tert-OH is 1. The van der Waals surface area contributed by atoms with Gasteiger partial charge in [-0.3, -0.25) is 10.1 Å². The van der Waals surface area contributed by atoms with Crippen molar-refractivity contribution in [1.82, 2.24) is 0 Å². The highest BCUT2D eigenvalue weighted by atomic mass is 19.1. The van der Waals surface area contributed by atoms with E-state index in [-0.39, 0.29) is 0 Å². The second-order valence-electron chi connectivity index (χ2n) is 4.14. The van der Waals surface area contributed by atoms with E-state index in [2.05, 4.69) is 0 Å². The van der Waals surface area contributed by atoms with Crippen LogP contribution in [0.25, 0.3) is 0 Å². The third-order valence-electron chi connectivity index (χ3n) is 2.92. The number of aliphatic hydroxyl groups is 1. The Morgan fingerprint density at radius 1 is 1.56 bits per heavy atom. The van der Waals surface area contributed by atoms with Crippen LogP contribution >= 0.6 is 0 Å². The number of nitro benzene ring substituents is 1. The molecule has 1 fully saturated rings. The number of benzene rings is 1. The fourth-order valence-corrected chi connectivity index (χ4v) is 1.98. The van der Waals surface area contributed by atoms with E-state index in [4.69, 9.17) is 5.73 Å². The van der Waals surface area contributed by atoms with Gasteiger partial charge in [-0.05, 0) is 24.5 Å². The van der Waals surface area contributed by atoms with Crippen LogP contribution in [0.4, 0.5) is 10.1 Å². The molecule has 6 heteroatoms. The summed E-state index contributed by atoms with van der Waals surface area (Å²) in [6.45, 7) is 0. The van der Waals surface area contributed by atoms with Gasteiger partial charge in [0, 0.05) is 11.6 Å². The summed E-state index contributed by atoms with van der Waals surface area (Å²) in [4.78, 5) is 9.63. The van der Waals surface area contributed by atoms with Crippen LogP contribution in [0.5, 0.6) is 0 Å². The van der Waals surface area contributed by atoms with Gasteiger partial charge < -0.3 is 10.8 Å². The Balaban J connectivity index is 2.32. The molecular formula is C10H11FN2O3. The second-order valence-corrected chi connectivity index (χ2v) is 4.14. The summed E-state index contributed by atoms with van der Waals surface area (Å²) in [5.41, 5.74) is 5.08. The van der Waals surface area contributed by atoms with Crippen molar-refractivity contribution in [2.45, 2.75) is 24.5 Å². The SMILES string of the molecule is NC1(c2ccc([N+](=O)[O-])c(F)c2)CC(O)C1. The molecule has 0 spiro atoms. The number of nitrogens with two attached hydrogens (primary N) is 1. The van der Waals surface area contributed by atoms with Crippen LogP contribution in [0.3, 0.4) is 0 Å². The van der Waals surface area contributed by atoms with E-state index in [1.54, 1.807) is 0 Å². The molecule has 0 heterocycles. The normalized spacial score (nSPS) is 28.6. The zero-order valence-corrected chi connectivity index (χ0v) is 8.39. The minimum absolute atomic E-state index is 0.351. The Morgan fingerprint density at radius 3 is 2.62 bits per heavy atom. The predicted molar refractivity (Wildman–Crippen MR) is 54.2 cm³/mol. The maximum absolute atomic E-state index is 13.3. The van der Waals surface area contributed by atoms with E-state index >= 15 is 0 Å². The van der Waals surface area contributed by atoms with Gasteiger partial charge in [-0.1, -0.05) is 6.07 Å². The molecule has 0 unspecified atom stereocenters. The summed E-state index contributed by atoms with van der Waals surface area (Å²) in [6.07, 6.45) is 0.234. The quantitative estimate of drug-likeness (QED) is 0.582. The predicted octanol–water partition coefficient (Wildman–Crippen LogP) is 1.04. The Labute approximate surface area is 90.8 Å². The minimum Gasteiger partial charge on any atom is -0.393 e. The molecule has 1 aliphatic carbocycles. The van der Waals surface area contributed by atoms with E-state index in [0.717, 1.165) is 12.1 Å². The largest absolute Gasteiger partial charge is 0.393 e. The lowest BCUT2D eigenvalue weighted by Crippen LogP contribution is -2.51. The zero-order valence-electron chi connectivity index (χ0n) is 8.39. The summed E-state index contributed by atoms with van der Waals surface area (Å²) >= 11 is 0. The number of nitro groups is 1. The van der Waals surface area contributed by atoms with Gasteiger partial charge in [0.05, 0.1) is 11.0 Å². The van der Waals surface area contributed by atoms with E-state index < -0.39 is 28.1 Å². The van der Waals surface area contributed by atoms with Crippen LogP contribution in [0.15, 0.2) is 18.2 Å². The van der Waals surface area contributed by atoms with Crippen molar-refractivity contribution in [3.8, 4) is 0 Å². The number of hydrogen-bond acceptors (Lipinski definition) is 4. The highest BCUT2D eigenvalue weighted by Gasteiger charge is 2.42. The Hall–Kier alpha value is -1.53. The summed E-state index contributed by atoms with van der Waals surface area (Å²) in [5, 5.41) is 19.6. The van der Waals surface area contributed by atoms with Crippen molar-refractivity contribution in [3.63, 3.8) is 0 Å². The molecule has 1 aliphatic rings. The van der Waals surface area contributed by atoms with Gasteiger partial charge in [-0.15, -0.1) is 0 Å². The van der Waals surface area contributed by atoms with Gasteiger partial charge in [0.2, 0.25) is 5.82 Å². The topological polar surface area (TPSA) is 89.4 Å². The van der Waals surface area contributed by atoms with Crippen molar-refractivity contribution in [1.29, 1.82) is 0 Å². The Kier molecular flexibility index (Phi) is 2.40. The van der Waals surface area contributed by atoms with Crippen molar-refractivity contribution < 1.29 is 14.4 Å². The van der Waals surface area contributed by atoms with Crippen molar-refractivity contribution in [2.24, 2.45) is 5.73 Å². The molecule has 16 heavy (non-hydrogen) atoms. The highest BCUT2D eigenvalue weighted by molar-refractivity contribution is 5.39. The molecule has 3 N–H and O–H groups in total. The van der Waals surface area contributed by atoms with Crippen molar-refractivity contribution in [3.05, 3.63) is 39.7 Å². The van der Waals surface area contributed by atoms with E-state index in [9.17, 15) is 19.6 Å². The van der Waals surface area contributed by atoms with Crippen LogP contribution in [-0.2, 0) is 5.54 Å². The first-order valence-electron chi connectivity index (χ1n) is 4.84. The van der Waals surface area contributed by atoms with Gasteiger partial charge in [0.25, 0.3) is 0 Å². The Morgan fingerprint density at radius 2 is 2.19 bits per heavy atom. The summed E-state index contributed by atoms with van der Waals surface area (Å²) in [7, 11) is 0. The first kappa shape index (κ1) is 11.0. The number of nitrogens with zero attached hydrogens (tertiary/aromatic N) is 1. The first-order valence-corrected chi connectivity index (χ1v) is 4.84. The smallest absolute Gasteiger partial charge is 0.304 e. The van der Waals surface area contributed by atoms with Gasteiger partial charge in [0.15, 0.2) is 0 Å². The lowest BCUT2D eigenvalue weighted by molar-refractivity contribution is -0.387. The van der Waals surface area contributed by atoms with Gasteiger partial charge in [-0.25, -0.2) is 0 Å². The molecule has 0 saturated heterocycles. The molecule has 0 aromatic heterocycles. The molecule has 86 valence electrons. The average Bonchev–Trinajstić information content (AvgIpc) is 2.14. The summed E-state index contributed by atoms with van der Waals surface area (Å²) in [5.74, 6) is -0.895. The zero-order chi connectivity index (χ0) is 11.9. The Bertz CT molecular complexity index is 444. The van der Waals surface area contributed by atoms with Crippen LogP contribution in [0.1, 0.15) is 18.4 Å². The third kappa shape index (κ3) is 1.66. The highest BCUT2D eigenvalue weighted by Crippen LogP contribution is 2.39. The molecule has 2 rings (SSSR count). The lowest BCUT2D eigenvalue weighted by Gasteiger charge is -2.42. The second kappa shape index (κ2) is 3.50. The molecule has 5 nitrogen and oxygen atoms in total. The molecule has 0 atom stereocenters. The number of hydrogen-bond donors (Lipinski definition) is 2. The minimum atomic E-state index is -0.895. The molecule has 0 radical (unpaired) electrons. The first-order chi connectivity index (χ1) is 7.42. The number of rotatable bonds is 2. The molecule has 1 aromatic rings. The van der Waals surface area contributed by atoms with Crippen molar-refractivity contribution in [2.75, 3.05) is 0 Å². The molecule has 1 aromatic carbocycles. The van der Waals surface area contributed by atoms with E-state index in [1.165, 1.54) is 6.07 Å². The summed E-state index contributed by atoms with van der Waals surface area (Å²) in [6, 6.07) is 3.61. The van der Waals surface area contributed by atoms with E-state index in [0.29, 0.717) is 18.4 Å². The summed E-state index contributed by atoms with van der Waals surface area (Å²) < 4.78 is 13.3. The van der Waals surface area contributed by atoms with Gasteiger partial charge in [0.1, 0.15) is 0 Å². The van der Waals surface area contributed by atoms with Crippen LogP contribution in [-0.4, -0.2) is 16.1 Å². The molecule has 0 amide bonds. The standard InChI is InChI=1S/C10H11FN2O3/c11-8-3-6(1-2-9(8)13(15)16)10(12)4-7(14)5-10/h1-3,7,14H,4-5,12H2. The monoisotopic (exact) mass is 226 g/mol. The van der Waals surface area contributed by atoms with Gasteiger partial charge >= 0.3 is 5.69 Å². The third-order valence-corrected chi connectivity index (χ3v) is 2.92. The van der Waals surface area contributed by atoms with E-state index in [1.807, 2.05) is 0 Å². The van der Waals surface area contributed by atoms with Crippen molar-refractivity contribution >= 4 is 5.69 Å². The maximum Gasteiger partial charge on any atom is 0.304 e. The van der Waals surface area contributed by atoms with Gasteiger partial charge in [-0.2, -0.15) is 4.39 Å². The average molecular weight is 226 g/mol. The van der Waals surface area contributed by atoms with Crippen LogP contribution in [0.2, 0.25) is 0 Å². The fraction of sp³-hybridized carbons (Fsp3) is 0.400. The molecule has 1 saturated carbocycles. The van der Waals surface area contributed by atoms with Crippen LogP contribution in [0, 0.1) is 15.9 Å². The molecular weight excluding hydrogens is 215 g/mol. The fourth-order valence-electron chi connectivity index (χ4n) is 1.98. The molecule has 0 bridgehead atoms. The lowest BCUT2D eigenvalue weighted by atomic mass is 9.70. The molecule has 0 aliphatic heterocycles. The van der Waals surface area contributed by atoms with Crippen LogP contribution < -0.4 is 5.73 Å². The maximum atomic E-state index is 13.3.